The summed E-state index contributed by atoms with van der Waals surface area (Å²) in [7, 11) is 1.55. The van der Waals surface area contributed by atoms with Crippen LogP contribution in [0.3, 0.4) is 0 Å². The van der Waals surface area contributed by atoms with Crippen molar-refractivity contribution < 1.29 is 19.1 Å². The molecule has 0 radical (unpaired) electrons. The largest absolute Gasteiger partial charge is 0.497 e. The van der Waals surface area contributed by atoms with Crippen molar-refractivity contribution >= 4 is 29.1 Å². The van der Waals surface area contributed by atoms with Gasteiger partial charge in [-0.1, -0.05) is 32.0 Å². The fraction of sp³-hybridized carbons (Fsp3) is 0.348. The molecule has 1 saturated heterocycles. The minimum Gasteiger partial charge on any atom is -0.497 e. The van der Waals surface area contributed by atoms with Crippen molar-refractivity contribution in [1.29, 1.82) is 0 Å². The van der Waals surface area contributed by atoms with Crippen LogP contribution in [-0.2, 0) is 9.59 Å². The number of hydrogen-bond acceptors (Lipinski definition) is 4. The zero-order valence-corrected chi connectivity index (χ0v) is 17.3. The van der Waals surface area contributed by atoms with Crippen LogP contribution in [0.1, 0.15) is 37.0 Å². The molecule has 2 aliphatic rings. The lowest BCUT2D eigenvalue weighted by Gasteiger charge is -2.49. The number of anilines is 2. The van der Waals surface area contributed by atoms with Gasteiger partial charge < -0.3 is 15.0 Å². The maximum absolute atomic E-state index is 13.7. The molecule has 2 aromatic carbocycles. The molecule has 2 heterocycles. The number of rotatable bonds is 5. The van der Waals surface area contributed by atoms with Gasteiger partial charge in [-0.15, -0.1) is 0 Å². The third kappa shape index (κ3) is 3.01. The van der Waals surface area contributed by atoms with Gasteiger partial charge in [0.05, 0.1) is 18.4 Å². The fourth-order valence-corrected chi connectivity index (χ4v) is 4.33. The number of methoxy groups -OCH3 is 1. The smallest absolute Gasteiger partial charge is 0.271 e. The van der Waals surface area contributed by atoms with Crippen LogP contribution in [-0.4, -0.2) is 41.9 Å². The molecule has 2 aliphatic heterocycles. The second-order valence-corrected chi connectivity index (χ2v) is 8.06. The Hall–Kier alpha value is -3.35. The summed E-state index contributed by atoms with van der Waals surface area (Å²) in [4.78, 5) is 43.2. The molecule has 1 atom stereocenters. The first-order valence-electron chi connectivity index (χ1n) is 10.1. The van der Waals surface area contributed by atoms with Gasteiger partial charge in [-0.25, -0.2) is 0 Å². The van der Waals surface area contributed by atoms with E-state index in [9.17, 15) is 14.4 Å². The average Bonchev–Trinajstić information content (AvgIpc) is 3.09. The fourth-order valence-electron chi connectivity index (χ4n) is 4.33. The molecule has 2 aromatic rings. The summed E-state index contributed by atoms with van der Waals surface area (Å²) in [5.74, 6) is -0.0623. The monoisotopic (exact) mass is 407 g/mol. The van der Waals surface area contributed by atoms with Crippen molar-refractivity contribution in [2.75, 3.05) is 23.9 Å². The summed E-state index contributed by atoms with van der Waals surface area (Å²) in [6.45, 7) is 4.34. The van der Waals surface area contributed by atoms with Gasteiger partial charge in [0, 0.05) is 31.1 Å². The van der Waals surface area contributed by atoms with Gasteiger partial charge in [0.15, 0.2) is 0 Å². The highest BCUT2D eigenvalue weighted by Crippen LogP contribution is 2.45. The molecule has 156 valence electrons. The Balaban J connectivity index is 1.83. The standard InChI is InChI=1S/C23H25N3O4/c1-15(2)14-25-21(28)18-9-4-5-10-19(18)26-20(27)11-12-23(25,26)22(29)24-16-7-6-8-17(13-16)30-3/h4-10,13,15H,11-12,14H2,1-3H3,(H,24,29). The van der Waals surface area contributed by atoms with Crippen LogP contribution in [0.4, 0.5) is 11.4 Å². The summed E-state index contributed by atoms with van der Waals surface area (Å²) in [5.41, 5.74) is 0.0865. The maximum atomic E-state index is 13.7. The van der Waals surface area contributed by atoms with Crippen LogP contribution in [0.25, 0.3) is 0 Å². The van der Waals surface area contributed by atoms with Crippen molar-refractivity contribution in [3.05, 3.63) is 54.1 Å². The number of hydrogen-bond donors (Lipinski definition) is 1. The van der Waals surface area contributed by atoms with E-state index in [0.717, 1.165) is 0 Å². The van der Waals surface area contributed by atoms with E-state index in [4.69, 9.17) is 4.74 Å². The highest BCUT2D eigenvalue weighted by Gasteiger charge is 2.60. The molecule has 30 heavy (non-hydrogen) atoms. The maximum Gasteiger partial charge on any atom is 0.271 e. The number of carbonyl (C=O) groups is 3. The van der Waals surface area contributed by atoms with Crippen molar-refractivity contribution in [1.82, 2.24) is 4.90 Å². The number of amides is 3. The van der Waals surface area contributed by atoms with Crippen molar-refractivity contribution in [3.63, 3.8) is 0 Å². The lowest BCUT2D eigenvalue weighted by atomic mass is 9.94. The highest BCUT2D eigenvalue weighted by molar-refractivity contribution is 6.18. The molecule has 1 unspecified atom stereocenters. The molecule has 7 nitrogen and oxygen atoms in total. The first-order chi connectivity index (χ1) is 14.4. The Kier molecular flexibility index (Phi) is 4.97. The minimum absolute atomic E-state index is 0.123. The van der Waals surface area contributed by atoms with Crippen molar-refractivity contribution in [3.8, 4) is 5.75 Å². The normalized spacial score (nSPS) is 20.3. The van der Waals surface area contributed by atoms with E-state index in [1.807, 2.05) is 13.8 Å². The molecular weight excluding hydrogens is 382 g/mol. The van der Waals surface area contributed by atoms with E-state index < -0.39 is 11.6 Å². The van der Waals surface area contributed by atoms with Gasteiger partial charge in [0.2, 0.25) is 11.6 Å². The van der Waals surface area contributed by atoms with E-state index in [1.165, 1.54) is 4.90 Å². The Morgan fingerprint density at radius 2 is 1.93 bits per heavy atom. The molecule has 0 saturated carbocycles. The lowest BCUT2D eigenvalue weighted by Crippen LogP contribution is -2.69. The van der Waals surface area contributed by atoms with E-state index in [-0.39, 0.29) is 30.6 Å². The first kappa shape index (κ1) is 19.9. The zero-order valence-electron chi connectivity index (χ0n) is 17.3. The topological polar surface area (TPSA) is 79.0 Å². The lowest BCUT2D eigenvalue weighted by molar-refractivity contribution is -0.129. The molecule has 0 aliphatic carbocycles. The second-order valence-electron chi connectivity index (χ2n) is 8.06. The summed E-state index contributed by atoms with van der Waals surface area (Å²) in [6, 6.07) is 14.0. The number of carbonyl (C=O) groups excluding carboxylic acids is 3. The van der Waals surface area contributed by atoms with Gasteiger partial charge in [0.25, 0.3) is 11.8 Å². The Bertz CT molecular complexity index is 1020. The van der Waals surface area contributed by atoms with Crippen LogP contribution in [0.15, 0.2) is 48.5 Å². The third-order valence-electron chi connectivity index (χ3n) is 5.61. The summed E-state index contributed by atoms with van der Waals surface area (Å²) < 4.78 is 5.24. The van der Waals surface area contributed by atoms with Crippen LogP contribution in [0.5, 0.6) is 5.75 Å². The van der Waals surface area contributed by atoms with Gasteiger partial charge in [-0.05, 0) is 30.2 Å². The third-order valence-corrected chi connectivity index (χ3v) is 5.61. The molecule has 0 spiro atoms. The SMILES string of the molecule is COc1cccc(NC(=O)C23CCC(=O)N2c2ccccc2C(=O)N3CC(C)C)c1. The second kappa shape index (κ2) is 7.48. The van der Waals surface area contributed by atoms with E-state index >= 15 is 0 Å². The van der Waals surface area contributed by atoms with E-state index in [0.29, 0.717) is 29.2 Å². The number of fused-ring (bicyclic) bond motifs is 3. The molecule has 0 bridgehead atoms. The highest BCUT2D eigenvalue weighted by atomic mass is 16.5. The van der Waals surface area contributed by atoms with Crippen LogP contribution in [0, 0.1) is 5.92 Å². The molecule has 7 heteroatoms. The quantitative estimate of drug-likeness (QED) is 0.825. The Morgan fingerprint density at radius 1 is 1.17 bits per heavy atom. The van der Waals surface area contributed by atoms with Gasteiger partial charge in [-0.3, -0.25) is 19.3 Å². The molecule has 1 fully saturated rings. The Labute approximate surface area is 175 Å². The molecule has 3 amide bonds. The average molecular weight is 407 g/mol. The van der Waals surface area contributed by atoms with Crippen LogP contribution >= 0.6 is 0 Å². The predicted molar refractivity (Wildman–Crippen MR) is 113 cm³/mol. The summed E-state index contributed by atoms with van der Waals surface area (Å²) in [5, 5.41) is 2.92. The van der Waals surface area contributed by atoms with Crippen LogP contribution < -0.4 is 15.0 Å². The zero-order chi connectivity index (χ0) is 21.5. The molecule has 0 aromatic heterocycles. The van der Waals surface area contributed by atoms with Crippen molar-refractivity contribution in [2.24, 2.45) is 5.92 Å². The Morgan fingerprint density at radius 3 is 2.67 bits per heavy atom. The number of ether oxygens (including phenoxy) is 1. The molecule has 4 rings (SSSR count). The number of nitrogens with zero attached hydrogens (tertiary/aromatic N) is 2. The van der Waals surface area contributed by atoms with Gasteiger partial charge in [-0.2, -0.15) is 0 Å². The molecular formula is C23H25N3O4. The van der Waals surface area contributed by atoms with Crippen LogP contribution in [0.2, 0.25) is 0 Å². The number of nitrogens with one attached hydrogen (secondary N) is 1. The van der Waals surface area contributed by atoms with E-state index in [2.05, 4.69) is 5.32 Å². The summed E-state index contributed by atoms with van der Waals surface area (Å²) >= 11 is 0. The summed E-state index contributed by atoms with van der Waals surface area (Å²) in [6.07, 6.45) is 0.441. The number of benzene rings is 2. The van der Waals surface area contributed by atoms with Gasteiger partial charge in [0.1, 0.15) is 5.75 Å². The van der Waals surface area contributed by atoms with E-state index in [1.54, 1.807) is 60.5 Å². The van der Waals surface area contributed by atoms with Crippen molar-refractivity contribution in [2.45, 2.75) is 32.4 Å². The number of para-hydroxylation sites is 1. The predicted octanol–water partition coefficient (Wildman–Crippen LogP) is 3.27. The van der Waals surface area contributed by atoms with Gasteiger partial charge >= 0.3 is 0 Å². The minimum atomic E-state index is -1.39. The first-order valence-corrected chi connectivity index (χ1v) is 10.1. The molecule has 1 N–H and O–H groups in total.